The molecule has 0 aliphatic carbocycles. The number of nitrogens with zero attached hydrogens (tertiary/aromatic N) is 2. The second-order valence-corrected chi connectivity index (χ2v) is 4.85. The Morgan fingerprint density at radius 3 is 2.36 bits per heavy atom. The van der Waals surface area contributed by atoms with Crippen LogP contribution in [0.1, 0.15) is 12.0 Å². The zero-order valence-corrected chi connectivity index (χ0v) is 13.0. The smallest absolute Gasteiger partial charge is 0.161 e. The van der Waals surface area contributed by atoms with E-state index in [1.165, 1.54) is 0 Å². The third-order valence-electron chi connectivity index (χ3n) is 3.44. The first kappa shape index (κ1) is 15.7. The molecule has 0 saturated carbocycles. The van der Waals surface area contributed by atoms with Crippen LogP contribution in [0, 0.1) is 11.3 Å². The van der Waals surface area contributed by atoms with Crippen molar-refractivity contribution in [2.75, 3.05) is 25.7 Å². The molecule has 114 valence electrons. The number of rotatable bonds is 7. The van der Waals surface area contributed by atoms with Crippen molar-refractivity contribution in [3.05, 3.63) is 54.1 Å². The monoisotopic (exact) mass is 296 g/mol. The predicted molar refractivity (Wildman–Crippen MR) is 87.3 cm³/mol. The van der Waals surface area contributed by atoms with E-state index in [-0.39, 0.29) is 0 Å². The molecule has 2 aromatic rings. The van der Waals surface area contributed by atoms with Crippen molar-refractivity contribution >= 4 is 5.69 Å². The molecule has 0 unspecified atom stereocenters. The van der Waals surface area contributed by atoms with Crippen molar-refractivity contribution in [2.45, 2.75) is 13.0 Å². The van der Waals surface area contributed by atoms with E-state index in [1.807, 2.05) is 36.4 Å². The molecule has 0 amide bonds. The van der Waals surface area contributed by atoms with Crippen LogP contribution in [0.5, 0.6) is 11.5 Å². The summed E-state index contributed by atoms with van der Waals surface area (Å²) in [7, 11) is 3.26. The van der Waals surface area contributed by atoms with E-state index >= 15 is 0 Å². The van der Waals surface area contributed by atoms with E-state index in [0.717, 1.165) is 17.0 Å². The van der Waals surface area contributed by atoms with Crippen molar-refractivity contribution in [3.8, 4) is 17.6 Å². The summed E-state index contributed by atoms with van der Waals surface area (Å²) < 4.78 is 10.6. The van der Waals surface area contributed by atoms with Gasteiger partial charge < -0.3 is 14.4 Å². The van der Waals surface area contributed by atoms with Gasteiger partial charge in [0.05, 0.1) is 26.7 Å². The Labute approximate surface area is 131 Å². The first-order valence-corrected chi connectivity index (χ1v) is 7.16. The first-order chi connectivity index (χ1) is 10.8. The summed E-state index contributed by atoms with van der Waals surface area (Å²) in [6, 6.07) is 18.2. The molecule has 0 spiro atoms. The Bertz CT molecular complexity index is 635. The lowest BCUT2D eigenvalue weighted by Crippen LogP contribution is -2.23. The minimum atomic E-state index is 0.488. The number of hydrogen-bond acceptors (Lipinski definition) is 4. The lowest BCUT2D eigenvalue weighted by Gasteiger charge is -2.24. The van der Waals surface area contributed by atoms with Crippen molar-refractivity contribution in [3.63, 3.8) is 0 Å². The third-order valence-corrected chi connectivity index (χ3v) is 3.44. The third kappa shape index (κ3) is 3.92. The Morgan fingerprint density at radius 2 is 1.73 bits per heavy atom. The van der Waals surface area contributed by atoms with Gasteiger partial charge in [-0.05, 0) is 29.8 Å². The van der Waals surface area contributed by atoms with E-state index < -0.39 is 0 Å². The molecule has 0 heterocycles. The van der Waals surface area contributed by atoms with Gasteiger partial charge in [0.15, 0.2) is 11.5 Å². The Balaban J connectivity index is 2.22. The van der Waals surface area contributed by atoms with E-state index in [2.05, 4.69) is 23.1 Å². The van der Waals surface area contributed by atoms with Crippen LogP contribution in [0.2, 0.25) is 0 Å². The standard InChI is InChI=1S/C18H20N2O2/c1-21-17-10-9-15(13-18(17)22-2)14-20(12-6-11-19)16-7-4-3-5-8-16/h3-5,7-10,13H,6,12,14H2,1-2H3. The highest BCUT2D eigenvalue weighted by atomic mass is 16.5. The largest absolute Gasteiger partial charge is 0.493 e. The molecule has 0 radical (unpaired) electrons. The topological polar surface area (TPSA) is 45.5 Å². The van der Waals surface area contributed by atoms with E-state index in [9.17, 15) is 0 Å². The zero-order chi connectivity index (χ0) is 15.8. The summed E-state index contributed by atoms with van der Waals surface area (Å²) in [4.78, 5) is 2.18. The van der Waals surface area contributed by atoms with Crippen molar-refractivity contribution in [1.29, 1.82) is 5.26 Å². The summed E-state index contributed by atoms with van der Waals surface area (Å²) in [6.07, 6.45) is 0.488. The fourth-order valence-corrected chi connectivity index (χ4v) is 2.32. The molecule has 0 aliphatic heterocycles. The average molecular weight is 296 g/mol. The average Bonchev–Trinajstić information content (AvgIpc) is 2.59. The second kappa shape index (κ2) is 7.94. The van der Waals surface area contributed by atoms with Crippen LogP contribution < -0.4 is 14.4 Å². The van der Waals surface area contributed by atoms with E-state index in [4.69, 9.17) is 14.7 Å². The normalized spacial score (nSPS) is 9.86. The number of benzene rings is 2. The number of methoxy groups -OCH3 is 2. The minimum Gasteiger partial charge on any atom is -0.493 e. The molecule has 22 heavy (non-hydrogen) atoms. The van der Waals surface area contributed by atoms with Crippen LogP contribution in [-0.4, -0.2) is 20.8 Å². The summed E-state index contributed by atoms with van der Waals surface area (Å²) >= 11 is 0. The maximum absolute atomic E-state index is 8.87. The van der Waals surface area contributed by atoms with Gasteiger partial charge in [0.2, 0.25) is 0 Å². The van der Waals surface area contributed by atoms with Crippen LogP contribution >= 0.6 is 0 Å². The van der Waals surface area contributed by atoms with Gasteiger partial charge in [-0.2, -0.15) is 5.26 Å². The fraction of sp³-hybridized carbons (Fsp3) is 0.278. The molecule has 0 bridgehead atoms. The molecule has 0 aromatic heterocycles. The first-order valence-electron chi connectivity index (χ1n) is 7.16. The number of para-hydroxylation sites is 1. The number of hydrogen-bond donors (Lipinski definition) is 0. The Morgan fingerprint density at radius 1 is 1.00 bits per heavy atom. The molecular weight excluding hydrogens is 276 g/mol. The van der Waals surface area contributed by atoms with Crippen molar-refractivity contribution < 1.29 is 9.47 Å². The van der Waals surface area contributed by atoms with Crippen molar-refractivity contribution in [1.82, 2.24) is 0 Å². The van der Waals surface area contributed by atoms with Crippen LogP contribution in [0.4, 0.5) is 5.69 Å². The van der Waals surface area contributed by atoms with Gasteiger partial charge in [-0.1, -0.05) is 24.3 Å². The molecule has 2 aromatic carbocycles. The van der Waals surface area contributed by atoms with Crippen LogP contribution in [0.25, 0.3) is 0 Å². The van der Waals surface area contributed by atoms with Gasteiger partial charge in [-0.25, -0.2) is 0 Å². The molecule has 4 nitrogen and oxygen atoms in total. The molecule has 0 saturated heterocycles. The quantitative estimate of drug-likeness (QED) is 0.783. The van der Waals surface area contributed by atoms with Crippen LogP contribution in [0.3, 0.4) is 0 Å². The number of anilines is 1. The molecule has 0 fully saturated rings. The highest BCUT2D eigenvalue weighted by Gasteiger charge is 2.10. The van der Waals surface area contributed by atoms with E-state index in [0.29, 0.717) is 25.3 Å². The molecule has 0 aliphatic rings. The predicted octanol–water partition coefficient (Wildman–Crippen LogP) is 3.62. The Hall–Kier alpha value is -2.67. The van der Waals surface area contributed by atoms with E-state index in [1.54, 1.807) is 14.2 Å². The number of ether oxygens (including phenoxy) is 2. The van der Waals surface area contributed by atoms with Gasteiger partial charge >= 0.3 is 0 Å². The lowest BCUT2D eigenvalue weighted by molar-refractivity contribution is 0.354. The number of nitriles is 1. The molecule has 0 atom stereocenters. The highest BCUT2D eigenvalue weighted by molar-refractivity contribution is 5.49. The lowest BCUT2D eigenvalue weighted by atomic mass is 10.1. The summed E-state index contributed by atoms with van der Waals surface area (Å²) in [5, 5.41) is 8.87. The summed E-state index contributed by atoms with van der Waals surface area (Å²) in [5.74, 6) is 1.43. The molecule has 2 rings (SSSR count). The molecular formula is C18H20N2O2. The van der Waals surface area contributed by atoms with Gasteiger partial charge in [0, 0.05) is 18.8 Å². The van der Waals surface area contributed by atoms with Gasteiger partial charge in [-0.3, -0.25) is 0 Å². The molecule has 0 N–H and O–H groups in total. The summed E-state index contributed by atoms with van der Waals surface area (Å²) in [6.45, 7) is 1.40. The maximum atomic E-state index is 8.87. The second-order valence-electron chi connectivity index (χ2n) is 4.85. The highest BCUT2D eigenvalue weighted by Crippen LogP contribution is 2.28. The minimum absolute atomic E-state index is 0.488. The van der Waals surface area contributed by atoms with Crippen molar-refractivity contribution in [2.24, 2.45) is 0 Å². The van der Waals surface area contributed by atoms with Crippen LogP contribution in [0.15, 0.2) is 48.5 Å². The van der Waals surface area contributed by atoms with Gasteiger partial charge in [0.1, 0.15) is 0 Å². The Kier molecular flexibility index (Phi) is 5.67. The van der Waals surface area contributed by atoms with Gasteiger partial charge in [0.25, 0.3) is 0 Å². The fourth-order valence-electron chi connectivity index (χ4n) is 2.32. The summed E-state index contributed by atoms with van der Waals surface area (Å²) in [5.41, 5.74) is 2.21. The molecule has 4 heteroatoms. The van der Waals surface area contributed by atoms with Gasteiger partial charge in [-0.15, -0.1) is 0 Å². The zero-order valence-electron chi connectivity index (χ0n) is 13.0. The maximum Gasteiger partial charge on any atom is 0.161 e. The van der Waals surface area contributed by atoms with Crippen LogP contribution in [-0.2, 0) is 6.54 Å². The SMILES string of the molecule is COc1ccc(CN(CCC#N)c2ccccc2)cc1OC.